The second kappa shape index (κ2) is 6.60. The van der Waals surface area contributed by atoms with Crippen molar-refractivity contribution in [2.75, 3.05) is 6.61 Å². The molecule has 0 N–H and O–H groups in total. The topological polar surface area (TPSA) is 21.6 Å². The van der Waals surface area contributed by atoms with Crippen molar-refractivity contribution < 1.29 is 4.74 Å². The molecular weight excluding hydrogens is 278 g/mol. The Hall–Kier alpha value is -0.356. The zero-order chi connectivity index (χ0) is 15.6. The van der Waals surface area contributed by atoms with Crippen LogP contribution in [0.25, 0.3) is 0 Å². The second-order valence-electron chi connectivity index (χ2n) is 8.55. The van der Waals surface area contributed by atoms with E-state index in [1.165, 1.54) is 0 Å². The van der Waals surface area contributed by atoms with Crippen LogP contribution in [0.5, 0.6) is 0 Å². The molecule has 4 heteroatoms. The lowest BCUT2D eigenvalue weighted by atomic mass is 10.1. The van der Waals surface area contributed by atoms with Gasteiger partial charge < -0.3 is 4.74 Å². The van der Waals surface area contributed by atoms with Crippen molar-refractivity contribution in [3.63, 3.8) is 0 Å². The number of hydrogen-bond donors (Lipinski definition) is 0. The summed E-state index contributed by atoms with van der Waals surface area (Å²) in [5.41, 5.74) is 3.13. The number of nitrogens with zero attached hydrogens (tertiary/aromatic N) is 1. The minimum absolute atomic E-state index is 0.369. The lowest BCUT2D eigenvalue weighted by Crippen LogP contribution is -2.29. The summed E-state index contributed by atoms with van der Waals surface area (Å²) in [4.78, 5) is 4.78. The third kappa shape index (κ3) is 5.96. The molecule has 0 unspecified atom stereocenters. The van der Waals surface area contributed by atoms with Crippen molar-refractivity contribution in [1.29, 1.82) is 0 Å². The molecule has 0 fully saturated rings. The van der Waals surface area contributed by atoms with E-state index in [9.17, 15) is 0 Å². The lowest BCUT2D eigenvalue weighted by molar-refractivity contribution is 0.286. The van der Waals surface area contributed by atoms with E-state index < -0.39 is 16.1 Å². The van der Waals surface area contributed by atoms with Crippen LogP contribution in [0.2, 0.25) is 44.8 Å². The standard InChI is InChI=1S/C16H33NOSi2/c1-13(2)15-12-18-16(17-15)11-14(20(6,7)8)9-10-19(3,4)5/h9-10,13-15H,11-12H2,1-8H3/b10-9+/t14-,15+/m0/s1. The van der Waals surface area contributed by atoms with Crippen LogP contribution >= 0.6 is 0 Å². The highest BCUT2D eigenvalue weighted by Crippen LogP contribution is 2.30. The quantitative estimate of drug-likeness (QED) is 0.634. The van der Waals surface area contributed by atoms with Crippen LogP contribution < -0.4 is 0 Å². The molecule has 0 amide bonds. The third-order valence-electron chi connectivity index (χ3n) is 3.84. The summed E-state index contributed by atoms with van der Waals surface area (Å²) in [6.45, 7) is 19.7. The SMILES string of the molecule is CC(C)[C@H]1COC(C[C@H](/C=C/[Si](C)(C)C)[Si](C)(C)C)=N1. The van der Waals surface area contributed by atoms with Crippen molar-refractivity contribution in [1.82, 2.24) is 0 Å². The Morgan fingerprint density at radius 1 is 1.20 bits per heavy atom. The lowest BCUT2D eigenvalue weighted by Gasteiger charge is -2.26. The summed E-state index contributed by atoms with van der Waals surface area (Å²) in [6, 6.07) is 0.369. The molecule has 0 bridgehead atoms. The molecule has 2 nitrogen and oxygen atoms in total. The maximum absolute atomic E-state index is 5.83. The molecule has 0 aromatic carbocycles. The minimum Gasteiger partial charge on any atom is -0.479 e. The van der Waals surface area contributed by atoms with Gasteiger partial charge >= 0.3 is 0 Å². The first-order valence-electron chi connectivity index (χ1n) is 7.88. The Balaban J connectivity index is 2.77. The van der Waals surface area contributed by atoms with Gasteiger partial charge in [-0.15, -0.1) is 0 Å². The van der Waals surface area contributed by atoms with Gasteiger partial charge in [-0.2, -0.15) is 0 Å². The van der Waals surface area contributed by atoms with Crippen LogP contribution in [0, 0.1) is 5.92 Å². The highest BCUT2D eigenvalue weighted by Gasteiger charge is 2.30. The molecule has 1 heterocycles. The highest BCUT2D eigenvalue weighted by atomic mass is 28.3. The Morgan fingerprint density at radius 3 is 2.20 bits per heavy atom. The third-order valence-corrected chi connectivity index (χ3v) is 7.65. The van der Waals surface area contributed by atoms with Gasteiger partial charge in [0.1, 0.15) is 6.61 Å². The van der Waals surface area contributed by atoms with E-state index in [4.69, 9.17) is 9.73 Å². The van der Waals surface area contributed by atoms with Gasteiger partial charge in [-0.25, -0.2) is 4.99 Å². The average molecular weight is 312 g/mol. The van der Waals surface area contributed by atoms with Crippen molar-refractivity contribution in [3.05, 3.63) is 11.8 Å². The van der Waals surface area contributed by atoms with Crippen LogP contribution in [0.4, 0.5) is 0 Å². The molecule has 0 spiro atoms. The van der Waals surface area contributed by atoms with Crippen LogP contribution in [0.3, 0.4) is 0 Å². The van der Waals surface area contributed by atoms with Gasteiger partial charge in [0.05, 0.1) is 22.2 Å². The normalized spacial score (nSPS) is 22.2. The zero-order valence-corrected chi connectivity index (χ0v) is 16.7. The van der Waals surface area contributed by atoms with Gasteiger partial charge in [0, 0.05) is 6.42 Å². The summed E-state index contributed by atoms with van der Waals surface area (Å²) in [5.74, 6) is 1.58. The van der Waals surface area contributed by atoms with Crippen molar-refractivity contribution in [2.45, 2.75) is 71.1 Å². The van der Waals surface area contributed by atoms with E-state index >= 15 is 0 Å². The Morgan fingerprint density at radius 2 is 1.80 bits per heavy atom. The van der Waals surface area contributed by atoms with E-state index in [2.05, 4.69) is 64.9 Å². The monoisotopic (exact) mass is 311 g/mol. The van der Waals surface area contributed by atoms with Crippen LogP contribution in [-0.2, 0) is 4.74 Å². The number of allylic oxidation sites excluding steroid dienone is 1. The first kappa shape index (κ1) is 17.7. The fourth-order valence-corrected chi connectivity index (χ4v) is 4.61. The van der Waals surface area contributed by atoms with Gasteiger partial charge in [0.25, 0.3) is 0 Å². The van der Waals surface area contributed by atoms with Gasteiger partial charge in [-0.3, -0.25) is 0 Å². The number of ether oxygens (including phenoxy) is 1. The molecule has 116 valence electrons. The predicted molar refractivity (Wildman–Crippen MR) is 96.2 cm³/mol. The maximum atomic E-state index is 5.83. The first-order chi connectivity index (χ1) is 8.99. The predicted octanol–water partition coefficient (Wildman–Crippen LogP) is 4.97. The van der Waals surface area contributed by atoms with Crippen LogP contribution in [0.1, 0.15) is 20.3 Å². The van der Waals surface area contributed by atoms with Gasteiger partial charge in [-0.05, 0) is 11.5 Å². The Kier molecular flexibility index (Phi) is 5.84. The largest absolute Gasteiger partial charge is 0.479 e. The Bertz CT molecular complexity index is 375. The van der Waals surface area contributed by atoms with E-state index in [1.54, 1.807) is 0 Å². The molecule has 0 saturated heterocycles. The van der Waals surface area contributed by atoms with Gasteiger partial charge in [-0.1, -0.05) is 64.9 Å². The minimum atomic E-state index is -1.23. The summed E-state index contributed by atoms with van der Waals surface area (Å²) in [7, 11) is -2.35. The van der Waals surface area contributed by atoms with Gasteiger partial charge in [0.2, 0.25) is 0 Å². The van der Waals surface area contributed by atoms with Crippen molar-refractivity contribution in [2.24, 2.45) is 10.9 Å². The average Bonchev–Trinajstić information content (AvgIpc) is 2.69. The molecule has 0 radical (unpaired) electrons. The molecule has 2 atom stereocenters. The number of rotatable bonds is 6. The molecular formula is C16H33NOSi2. The number of hydrogen-bond acceptors (Lipinski definition) is 2. The van der Waals surface area contributed by atoms with Crippen LogP contribution in [0.15, 0.2) is 16.8 Å². The molecule has 1 rings (SSSR count). The molecule has 0 aromatic heterocycles. The molecule has 0 aliphatic carbocycles. The molecule has 0 aromatic rings. The summed E-state index contributed by atoms with van der Waals surface area (Å²) in [6.07, 6.45) is 3.48. The molecule has 1 aliphatic heterocycles. The van der Waals surface area contributed by atoms with Crippen LogP contribution in [-0.4, -0.2) is 34.7 Å². The maximum Gasteiger partial charge on any atom is 0.183 e. The summed E-state index contributed by atoms with van der Waals surface area (Å²) >= 11 is 0. The van der Waals surface area contributed by atoms with E-state index in [-0.39, 0.29) is 0 Å². The number of aliphatic imine (C=N–C) groups is 1. The highest BCUT2D eigenvalue weighted by molar-refractivity contribution is 6.81. The van der Waals surface area contributed by atoms with E-state index in [0.29, 0.717) is 17.5 Å². The fourth-order valence-electron chi connectivity index (χ4n) is 2.15. The van der Waals surface area contributed by atoms with E-state index in [1.807, 2.05) is 0 Å². The fraction of sp³-hybridized carbons (Fsp3) is 0.812. The molecule has 20 heavy (non-hydrogen) atoms. The van der Waals surface area contributed by atoms with Gasteiger partial charge in [0.15, 0.2) is 5.90 Å². The summed E-state index contributed by atoms with van der Waals surface area (Å²) < 4.78 is 5.83. The summed E-state index contributed by atoms with van der Waals surface area (Å²) in [5, 5.41) is 0. The van der Waals surface area contributed by atoms with Crippen molar-refractivity contribution >= 4 is 22.0 Å². The molecule has 1 aliphatic rings. The second-order valence-corrected chi connectivity index (χ2v) is 19.1. The first-order valence-corrected chi connectivity index (χ1v) is 15.0. The van der Waals surface area contributed by atoms with E-state index in [0.717, 1.165) is 18.9 Å². The smallest absolute Gasteiger partial charge is 0.183 e. The zero-order valence-electron chi connectivity index (χ0n) is 14.7. The van der Waals surface area contributed by atoms with Crippen molar-refractivity contribution in [3.8, 4) is 0 Å². The Labute approximate surface area is 127 Å². The molecule has 0 saturated carbocycles.